The fraction of sp³-hybridized carbons (Fsp3) is 0.316. The Bertz CT molecular complexity index is 700. The predicted molar refractivity (Wildman–Crippen MR) is 95.5 cm³/mol. The van der Waals surface area contributed by atoms with E-state index in [1.54, 1.807) is 7.11 Å². The van der Waals surface area contributed by atoms with Gasteiger partial charge in [0.25, 0.3) is 0 Å². The first-order valence-corrected chi connectivity index (χ1v) is 7.67. The summed E-state index contributed by atoms with van der Waals surface area (Å²) in [4.78, 5) is 12.2. The van der Waals surface area contributed by atoms with E-state index < -0.39 is 0 Å². The van der Waals surface area contributed by atoms with Crippen LogP contribution in [0.2, 0.25) is 0 Å². The number of methoxy groups -OCH3 is 1. The minimum Gasteiger partial charge on any atom is -0.495 e. The molecule has 1 amide bonds. The molecular weight excluding hydrogens is 288 g/mol. The lowest BCUT2D eigenvalue weighted by molar-refractivity contribution is -0.114. The van der Waals surface area contributed by atoms with Crippen LogP contribution in [0.15, 0.2) is 30.3 Å². The van der Waals surface area contributed by atoms with Crippen molar-refractivity contribution in [2.45, 2.75) is 27.7 Å². The number of rotatable bonds is 5. The molecule has 0 saturated carbocycles. The number of carbonyl (C=O) groups is 1. The number of anilines is 2. The summed E-state index contributed by atoms with van der Waals surface area (Å²) < 4.78 is 5.31. The first-order valence-electron chi connectivity index (χ1n) is 7.67. The first-order chi connectivity index (χ1) is 10.9. The number of ether oxygens (including phenoxy) is 1. The largest absolute Gasteiger partial charge is 0.495 e. The third-order valence-corrected chi connectivity index (χ3v) is 3.74. The summed E-state index contributed by atoms with van der Waals surface area (Å²) in [5, 5.41) is 6.12. The van der Waals surface area contributed by atoms with Crippen LogP contribution in [-0.2, 0) is 4.79 Å². The van der Waals surface area contributed by atoms with Gasteiger partial charge < -0.3 is 15.4 Å². The van der Waals surface area contributed by atoms with Crippen molar-refractivity contribution in [1.82, 2.24) is 0 Å². The van der Waals surface area contributed by atoms with E-state index in [-0.39, 0.29) is 12.5 Å². The van der Waals surface area contributed by atoms with Gasteiger partial charge in [0, 0.05) is 5.69 Å². The number of amides is 1. The smallest absolute Gasteiger partial charge is 0.243 e. The molecular formula is C19H24N2O2. The van der Waals surface area contributed by atoms with Gasteiger partial charge in [-0.1, -0.05) is 23.8 Å². The molecule has 0 bridgehead atoms. The van der Waals surface area contributed by atoms with Crippen LogP contribution in [-0.4, -0.2) is 19.6 Å². The maximum atomic E-state index is 12.2. The van der Waals surface area contributed by atoms with E-state index in [2.05, 4.69) is 29.7 Å². The van der Waals surface area contributed by atoms with Crippen molar-refractivity contribution >= 4 is 17.3 Å². The Kier molecular flexibility index (Phi) is 5.27. The molecule has 122 valence electrons. The molecule has 2 rings (SSSR count). The van der Waals surface area contributed by atoms with Gasteiger partial charge in [0.05, 0.1) is 19.3 Å². The molecule has 0 unspecified atom stereocenters. The van der Waals surface area contributed by atoms with Crippen LogP contribution < -0.4 is 15.4 Å². The van der Waals surface area contributed by atoms with Crippen LogP contribution in [0.3, 0.4) is 0 Å². The predicted octanol–water partition coefficient (Wildman–Crippen LogP) is 3.98. The summed E-state index contributed by atoms with van der Waals surface area (Å²) in [6.45, 7) is 8.26. The molecule has 4 nitrogen and oxygen atoms in total. The SMILES string of the molecule is COc1ccc(C)cc1NCC(=O)Nc1c(C)cc(C)cc1C. The highest BCUT2D eigenvalue weighted by atomic mass is 16.5. The highest BCUT2D eigenvalue weighted by Gasteiger charge is 2.09. The molecule has 2 N–H and O–H groups in total. The number of aryl methyl sites for hydroxylation is 4. The van der Waals surface area contributed by atoms with Crippen molar-refractivity contribution in [1.29, 1.82) is 0 Å². The third-order valence-electron chi connectivity index (χ3n) is 3.74. The normalized spacial score (nSPS) is 10.3. The molecule has 0 atom stereocenters. The van der Waals surface area contributed by atoms with E-state index in [1.165, 1.54) is 5.56 Å². The van der Waals surface area contributed by atoms with Gasteiger partial charge in [0.1, 0.15) is 5.75 Å². The standard InChI is InChI=1S/C19H24N2O2/c1-12-6-7-17(23-5)16(10-12)20-11-18(22)21-19-14(3)8-13(2)9-15(19)4/h6-10,20H,11H2,1-5H3,(H,21,22). The van der Waals surface area contributed by atoms with E-state index in [1.807, 2.05) is 39.0 Å². The van der Waals surface area contributed by atoms with Crippen molar-refractivity contribution in [2.75, 3.05) is 24.3 Å². The molecule has 4 heteroatoms. The average molecular weight is 312 g/mol. The summed E-state index contributed by atoms with van der Waals surface area (Å²) in [5.74, 6) is 0.648. The van der Waals surface area contributed by atoms with Gasteiger partial charge in [-0.25, -0.2) is 0 Å². The third kappa shape index (κ3) is 4.25. The molecule has 0 radical (unpaired) electrons. The highest BCUT2D eigenvalue weighted by molar-refractivity contribution is 5.95. The Hall–Kier alpha value is -2.49. The van der Waals surface area contributed by atoms with Gasteiger partial charge in [-0.2, -0.15) is 0 Å². The topological polar surface area (TPSA) is 50.4 Å². The minimum atomic E-state index is -0.0800. The van der Waals surface area contributed by atoms with Crippen LogP contribution in [0.5, 0.6) is 5.75 Å². The van der Waals surface area contributed by atoms with Crippen LogP contribution in [0, 0.1) is 27.7 Å². The second-order valence-electron chi connectivity index (χ2n) is 5.88. The molecule has 0 aliphatic heterocycles. The van der Waals surface area contributed by atoms with Crippen molar-refractivity contribution in [2.24, 2.45) is 0 Å². The van der Waals surface area contributed by atoms with Crippen LogP contribution in [0.4, 0.5) is 11.4 Å². The lowest BCUT2D eigenvalue weighted by Gasteiger charge is -2.15. The molecule has 2 aromatic carbocycles. The van der Waals surface area contributed by atoms with E-state index >= 15 is 0 Å². The summed E-state index contributed by atoms with van der Waals surface area (Å²) >= 11 is 0. The van der Waals surface area contributed by atoms with E-state index in [4.69, 9.17) is 4.74 Å². The zero-order valence-electron chi connectivity index (χ0n) is 14.4. The van der Waals surface area contributed by atoms with Gasteiger partial charge in [0.2, 0.25) is 5.91 Å². The molecule has 0 fully saturated rings. The summed E-state index contributed by atoms with van der Waals surface area (Å²) in [7, 11) is 1.62. The van der Waals surface area contributed by atoms with Gasteiger partial charge in [-0.05, 0) is 56.5 Å². The fourth-order valence-corrected chi connectivity index (χ4v) is 2.70. The lowest BCUT2D eigenvalue weighted by atomic mass is 10.1. The molecule has 0 aliphatic rings. The molecule has 0 aliphatic carbocycles. The van der Waals surface area contributed by atoms with Gasteiger partial charge in [-0.3, -0.25) is 4.79 Å². The van der Waals surface area contributed by atoms with Gasteiger partial charge >= 0.3 is 0 Å². The summed E-state index contributed by atoms with van der Waals surface area (Å²) in [6, 6.07) is 9.97. The summed E-state index contributed by atoms with van der Waals surface area (Å²) in [5.41, 5.74) is 6.16. The molecule has 23 heavy (non-hydrogen) atoms. The number of nitrogens with one attached hydrogen (secondary N) is 2. The quantitative estimate of drug-likeness (QED) is 0.878. The van der Waals surface area contributed by atoms with E-state index in [0.29, 0.717) is 0 Å². The van der Waals surface area contributed by atoms with Gasteiger partial charge in [0.15, 0.2) is 0 Å². The molecule has 0 spiro atoms. The van der Waals surface area contributed by atoms with E-state index in [0.717, 1.165) is 33.8 Å². The Morgan fingerprint density at radius 2 is 1.65 bits per heavy atom. The second kappa shape index (κ2) is 7.18. The maximum Gasteiger partial charge on any atom is 0.243 e. The van der Waals surface area contributed by atoms with E-state index in [9.17, 15) is 4.79 Å². The zero-order valence-corrected chi connectivity index (χ0v) is 14.4. The Morgan fingerprint density at radius 3 is 2.26 bits per heavy atom. The number of hydrogen-bond donors (Lipinski definition) is 2. The lowest BCUT2D eigenvalue weighted by Crippen LogP contribution is -2.23. The molecule has 0 aromatic heterocycles. The zero-order chi connectivity index (χ0) is 17.0. The first kappa shape index (κ1) is 16.9. The van der Waals surface area contributed by atoms with Crippen molar-refractivity contribution in [3.63, 3.8) is 0 Å². The van der Waals surface area contributed by atoms with Crippen molar-refractivity contribution in [3.8, 4) is 5.75 Å². The highest BCUT2D eigenvalue weighted by Crippen LogP contribution is 2.25. The Morgan fingerprint density at radius 1 is 1.00 bits per heavy atom. The van der Waals surface area contributed by atoms with Crippen molar-refractivity contribution < 1.29 is 9.53 Å². The monoisotopic (exact) mass is 312 g/mol. The Labute approximate surface area is 137 Å². The maximum absolute atomic E-state index is 12.2. The molecule has 0 saturated heterocycles. The number of carbonyl (C=O) groups excluding carboxylic acids is 1. The minimum absolute atomic E-state index is 0.0800. The second-order valence-corrected chi connectivity index (χ2v) is 5.88. The van der Waals surface area contributed by atoms with Crippen LogP contribution >= 0.6 is 0 Å². The number of benzene rings is 2. The fourth-order valence-electron chi connectivity index (χ4n) is 2.70. The Balaban J connectivity index is 2.05. The van der Waals surface area contributed by atoms with Crippen LogP contribution in [0.1, 0.15) is 22.3 Å². The van der Waals surface area contributed by atoms with Crippen LogP contribution in [0.25, 0.3) is 0 Å². The molecule has 0 heterocycles. The van der Waals surface area contributed by atoms with Crippen molar-refractivity contribution in [3.05, 3.63) is 52.6 Å². The average Bonchev–Trinajstić information content (AvgIpc) is 2.49. The van der Waals surface area contributed by atoms with Gasteiger partial charge in [-0.15, -0.1) is 0 Å². The summed E-state index contributed by atoms with van der Waals surface area (Å²) in [6.07, 6.45) is 0. The number of hydrogen-bond acceptors (Lipinski definition) is 3. The molecule has 2 aromatic rings.